The molecule has 4 N–H and O–H groups in total. The Labute approximate surface area is 237 Å². The van der Waals surface area contributed by atoms with Gasteiger partial charge in [0.2, 0.25) is 5.91 Å². The lowest BCUT2D eigenvalue weighted by molar-refractivity contribution is -0.142. The van der Waals surface area contributed by atoms with E-state index in [2.05, 4.69) is 41.6 Å². The summed E-state index contributed by atoms with van der Waals surface area (Å²) in [7, 11) is 0. The summed E-state index contributed by atoms with van der Waals surface area (Å²) >= 11 is 0. The SMILES string of the molecule is C#C[C@@]1(O)CC[C@H]2[C@@H]3CCC4=C/C(=N\OCC(=O)NC(C)C(=O)NC(CCC)C(=O)O)CC[C@]4(C)[C@H]3CC[C@@]21C. The van der Waals surface area contributed by atoms with Crippen molar-refractivity contribution in [3.05, 3.63) is 11.6 Å². The van der Waals surface area contributed by atoms with E-state index in [4.69, 9.17) is 11.3 Å². The Morgan fingerprint density at radius 3 is 2.55 bits per heavy atom. The highest BCUT2D eigenvalue weighted by atomic mass is 16.6. The molecule has 9 heteroatoms. The molecule has 3 saturated carbocycles. The average molecular weight is 556 g/mol. The minimum atomic E-state index is -1.10. The summed E-state index contributed by atoms with van der Waals surface area (Å²) in [5, 5.41) is 29.6. The van der Waals surface area contributed by atoms with Crippen LogP contribution in [0.5, 0.6) is 0 Å². The Hall–Kier alpha value is -2.86. The number of nitrogens with zero attached hydrogens (tertiary/aromatic N) is 1. The van der Waals surface area contributed by atoms with Crippen molar-refractivity contribution < 1.29 is 29.4 Å². The number of hydrogen-bond donors (Lipinski definition) is 4. The van der Waals surface area contributed by atoms with Gasteiger partial charge in [0.05, 0.1) is 5.71 Å². The van der Waals surface area contributed by atoms with E-state index in [0.29, 0.717) is 37.0 Å². The molecule has 0 spiro atoms. The Morgan fingerprint density at radius 1 is 1.15 bits per heavy atom. The zero-order chi connectivity index (χ0) is 29.3. The first-order chi connectivity index (χ1) is 18.9. The lowest BCUT2D eigenvalue weighted by Gasteiger charge is -2.58. The second-order valence-corrected chi connectivity index (χ2v) is 12.8. The maximum absolute atomic E-state index is 12.3. The lowest BCUT2D eigenvalue weighted by Crippen LogP contribution is -2.54. The summed E-state index contributed by atoms with van der Waals surface area (Å²) in [5.74, 6) is 2.16. The smallest absolute Gasteiger partial charge is 0.326 e. The Kier molecular flexibility index (Phi) is 8.70. The fraction of sp³-hybridized carbons (Fsp3) is 0.742. The van der Waals surface area contributed by atoms with E-state index in [9.17, 15) is 24.6 Å². The molecule has 40 heavy (non-hydrogen) atoms. The number of oxime groups is 1. The molecule has 0 radical (unpaired) electrons. The molecule has 4 aliphatic rings. The number of allylic oxidation sites excluding steroid dienone is 2. The maximum atomic E-state index is 12.3. The molecule has 2 unspecified atom stereocenters. The van der Waals surface area contributed by atoms with Crippen LogP contribution in [0.1, 0.15) is 91.9 Å². The number of carbonyl (C=O) groups is 3. The molecule has 0 aromatic rings. The standard InChI is InChI=1S/C31H45N3O6/c1-6-8-25(28(37)38)33-27(36)19(3)32-26(35)18-40-34-21-11-14-29(4)20(17-21)9-10-22-23(29)12-15-30(5)24(22)13-16-31(30,39)7-2/h2,17,19,22-25,39H,6,8-16,18H2,1,3-5H3,(H,32,35)(H,33,36)(H,37,38)/b34-21-/t19?,22-,23+,24+,25?,29+,30+,31-/m1/s1. The summed E-state index contributed by atoms with van der Waals surface area (Å²) in [6, 6.07) is -1.88. The number of carboxylic acids is 1. The van der Waals surface area contributed by atoms with E-state index in [0.717, 1.165) is 50.7 Å². The maximum Gasteiger partial charge on any atom is 0.326 e. The summed E-state index contributed by atoms with van der Waals surface area (Å²) in [5.41, 5.74) is 1.10. The molecule has 0 heterocycles. The van der Waals surface area contributed by atoms with Crippen LogP contribution in [0.25, 0.3) is 0 Å². The third kappa shape index (κ3) is 5.39. The van der Waals surface area contributed by atoms with Crippen molar-refractivity contribution in [3.63, 3.8) is 0 Å². The van der Waals surface area contributed by atoms with Crippen molar-refractivity contribution >= 4 is 23.5 Å². The summed E-state index contributed by atoms with van der Waals surface area (Å²) in [6.07, 6.45) is 16.4. The van der Waals surface area contributed by atoms with Gasteiger partial charge in [-0.05, 0) is 94.0 Å². The molecule has 0 aromatic carbocycles. The quantitative estimate of drug-likeness (QED) is 0.254. The van der Waals surface area contributed by atoms with Crippen LogP contribution in [0.3, 0.4) is 0 Å². The Bertz CT molecular complexity index is 1130. The van der Waals surface area contributed by atoms with Gasteiger partial charge in [-0.3, -0.25) is 9.59 Å². The van der Waals surface area contributed by atoms with E-state index >= 15 is 0 Å². The number of rotatable bonds is 9. The largest absolute Gasteiger partial charge is 0.480 e. The zero-order valence-corrected chi connectivity index (χ0v) is 24.3. The van der Waals surface area contributed by atoms with Crippen molar-refractivity contribution in [3.8, 4) is 12.3 Å². The second kappa shape index (κ2) is 11.6. The van der Waals surface area contributed by atoms with Gasteiger partial charge >= 0.3 is 5.97 Å². The van der Waals surface area contributed by atoms with Crippen LogP contribution in [0, 0.1) is 40.9 Å². The van der Waals surface area contributed by atoms with Crippen molar-refractivity contribution in [2.45, 2.75) is 110 Å². The molecule has 0 bridgehead atoms. The van der Waals surface area contributed by atoms with Gasteiger partial charge in [0, 0.05) is 5.41 Å². The van der Waals surface area contributed by atoms with E-state index in [1.807, 2.05) is 6.92 Å². The van der Waals surface area contributed by atoms with Crippen LogP contribution in [0.15, 0.2) is 16.8 Å². The molecular formula is C31H45N3O6. The normalized spacial score (nSPS) is 37.0. The summed E-state index contributed by atoms with van der Waals surface area (Å²) in [6.45, 7) is 7.59. The molecule has 3 fully saturated rings. The van der Waals surface area contributed by atoms with Crippen molar-refractivity contribution in [2.24, 2.45) is 33.7 Å². The predicted octanol–water partition coefficient (Wildman–Crippen LogP) is 3.56. The number of terminal acetylenes is 1. The number of hydrogen-bond acceptors (Lipinski definition) is 6. The van der Waals surface area contributed by atoms with Gasteiger partial charge in [0.1, 0.15) is 17.7 Å². The molecule has 2 amide bonds. The first-order valence-electron chi connectivity index (χ1n) is 14.8. The van der Waals surface area contributed by atoms with Gasteiger partial charge in [-0.15, -0.1) is 6.42 Å². The highest BCUT2D eigenvalue weighted by Gasteiger charge is 2.63. The Morgan fingerprint density at radius 2 is 1.88 bits per heavy atom. The lowest BCUT2D eigenvalue weighted by atomic mass is 9.46. The van der Waals surface area contributed by atoms with E-state index in [1.165, 1.54) is 12.5 Å². The minimum absolute atomic E-state index is 0.0892. The van der Waals surface area contributed by atoms with Gasteiger partial charge in [-0.2, -0.15) is 0 Å². The van der Waals surface area contributed by atoms with Crippen molar-refractivity contribution in [1.82, 2.24) is 10.6 Å². The topological polar surface area (TPSA) is 137 Å². The number of aliphatic carboxylic acids is 1. The van der Waals surface area contributed by atoms with Crippen LogP contribution in [0.2, 0.25) is 0 Å². The molecule has 8 atom stereocenters. The van der Waals surface area contributed by atoms with E-state index in [1.54, 1.807) is 0 Å². The molecule has 220 valence electrons. The van der Waals surface area contributed by atoms with Crippen LogP contribution in [0.4, 0.5) is 0 Å². The summed E-state index contributed by atoms with van der Waals surface area (Å²) < 4.78 is 0. The molecule has 9 nitrogen and oxygen atoms in total. The zero-order valence-electron chi connectivity index (χ0n) is 24.3. The molecule has 4 aliphatic carbocycles. The van der Waals surface area contributed by atoms with Gasteiger partial charge in [-0.25, -0.2) is 4.79 Å². The van der Waals surface area contributed by atoms with Crippen LogP contribution in [-0.4, -0.2) is 58.0 Å². The number of carbonyl (C=O) groups excluding carboxylic acids is 2. The van der Waals surface area contributed by atoms with Crippen molar-refractivity contribution in [2.75, 3.05) is 6.61 Å². The second-order valence-electron chi connectivity index (χ2n) is 12.8. The third-order valence-corrected chi connectivity index (χ3v) is 10.7. The van der Waals surface area contributed by atoms with Gasteiger partial charge in [0.25, 0.3) is 5.91 Å². The average Bonchev–Trinajstić information content (AvgIpc) is 3.19. The first-order valence-corrected chi connectivity index (χ1v) is 14.8. The van der Waals surface area contributed by atoms with Crippen LogP contribution < -0.4 is 10.6 Å². The highest BCUT2D eigenvalue weighted by molar-refractivity contribution is 5.96. The van der Waals surface area contributed by atoms with Crippen LogP contribution >= 0.6 is 0 Å². The third-order valence-electron chi connectivity index (χ3n) is 10.7. The van der Waals surface area contributed by atoms with Gasteiger partial charge < -0.3 is 25.7 Å². The first kappa shape index (κ1) is 30.1. The monoisotopic (exact) mass is 555 g/mol. The number of nitrogens with one attached hydrogen (secondary N) is 2. The molecular weight excluding hydrogens is 510 g/mol. The molecule has 0 aliphatic heterocycles. The fourth-order valence-electron chi connectivity index (χ4n) is 8.26. The molecule has 0 saturated heterocycles. The fourth-order valence-corrected chi connectivity index (χ4v) is 8.26. The number of carboxylic acid groups (broad SMARTS) is 1. The number of aliphatic hydroxyl groups is 1. The van der Waals surface area contributed by atoms with Gasteiger partial charge in [0.15, 0.2) is 6.61 Å². The predicted molar refractivity (Wildman–Crippen MR) is 151 cm³/mol. The van der Waals surface area contributed by atoms with Crippen LogP contribution in [-0.2, 0) is 19.2 Å². The summed E-state index contributed by atoms with van der Waals surface area (Å²) in [4.78, 5) is 41.2. The Balaban J connectivity index is 1.32. The van der Waals surface area contributed by atoms with E-state index < -0.39 is 35.5 Å². The number of amides is 2. The van der Waals surface area contributed by atoms with Crippen molar-refractivity contribution in [1.29, 1.82) is 0 Å². The minimum Gasteiger partial charge on any atom is -0.480 e. The molecule has 0 aromatic heterocycles. The molecule has 4 rings (SSSR count). The highest BCUT2D eigenvalue weighted by Crippen LogP contribution is 2.67. The van der Waals surface area contributed by atoms with Gasteiger partial charge in [-0.1, -0.05) is 43.8 Å². The van der Waals surface area contributed by atoms with E-state index in [-0.39, 0.29) is 17.4 Å². The number of fused-ring (bicyclic) bond motifs is 5.